The maximum atomic E-state index is 5.39. The van der Waals surface area contributed by atoms with Crippen molar-refractivity contribution in [2.75, 3.05) is 28.4 Å². The number of benzene rings is 1. The zero-order chi connectivity index (χ0) is 15.2. The standard InChI is InChI=1S/C16H20N2O3/c1-17-8-12-6-15(20-3)16(21-4)7-14(12)11-5-13(19-2)10-18-9-11/h5-7,9-10,17H,8H2,1-4H3. The average molecular weight is 288 g/mol. The van der Waals surface area contributed by atoms with E-state index < -0.39 is 0 Å². The molecule has 0 unspecified atom stereocenters. The lowest BCUT2D eigenvalue weighted by atomic mass is 10.00. The first-order valence-electron chi connectivity index (χ1n) is 6.62. The molecule has 0 fully saturated rings. The minimum Gasteiger partial charge on any atom is -0.495 e. The van der Waals surface area contributed by atoms with Crippen LogP contribution in [-0.2, 0) is 6.54 Å². The summed E-state index contributed by atoms with van der Waals surface area (Å²) < 4.78 is 16.0. The van der Waals surface area contributed by atoms with Gasteiger partial charge in [0.2, 0.25) is 0 Å². The lowest BCUT2D eigenvalue weighted by Gasteiger charge is -2.15. The molecule has 2 aromatic rings. The second-order valence-corrected chi connectivity index (χ2v) is 4.51. The third-order valence-electron chi connectivity index (χ3n) is 3.24. The SMILES string of the molecule is CNCc1cc(OC)c(OC)cc1-c1cncc(OC)c1. The first kappa shape index (κ1) is 15.1. The molecule has 0 amide bonds. The molecule has 1 aromatic carbocycles. The highest BCUT2D eigenvalue weighted by molar-refractivity contribution is 5.71. The van der Waals surface area contributed by atoms with E-state index in [1.54, 1.807) is 27.5 Å². The van der Waals surface area contributed by atoms with Crippen LogP contribution in [0, 0.1) is 0 Å². The molecule has 1 aromatic heterocycles. The predicted octanol–water partition coefficient (Wildman–Crippen LogP) is 2.49. The lowest BCUT2D eigenvalue weighted by molar-refractivity contribution is 0.354. The van der Waals surface area contributed by atoms with Gasteiger partial charge >= 0.3 is 0 Å². The van der Waals surface area contributed by atoms with Gasteiger partial charge in [-0.1, -0.05) is 0 Å². The van der Waals surface area contributed by atoms with Crippen molar-refractivity contribution in [3.05, 3.63) is 36.2 Å². The van der Waals surface area contributed by atoms with Crippen LogP contribution in [0.15, 0.2) is 30.6 Å². The van der Waals surface area contributed by atoms with Gasteiger partial charge in [0.25, 0.3) is 0 Å². The van der Waals surface area contributed by atoms with Crippen LogP contribution in [0.1, 0.15) is 5.56 Å². The summed E-state index contributed by atoms with van der Waals surface area (Å²) in [5, 5.41) is 3.16. The zero-order valence-electron chi connectivity index (χ0n) is 12.8. The molecule has 2 rings (SSSR count). The molecule has 0 atom stereocenters. The highest BCUT2D eigenvalue weighted by atomic mass is 16.5. The summed E-state index contributed by atoms with van der Waals surface area (Å²) >= 11 is 0. The van der Waals surface area contributed by atoms with Crippen LogP contribution in [0.5, 0.6) is 17.2 Å². The van der Waals surface area contributed by atoms with Crippen molar-refractivity contribution < 1.29 is 14.2 Å². The van der Waals surface area contributed by atoms with E-state index in [0.717, 1.165) is 22.4 Å². The summed E-state index contributed by atoms with van der Waals surface area (Å²) in [5.74, 6) is 2.12. The number of nitrogens with one attached hydrogen (secondary N) is 1. The van der Waals surface area contributed by atoms with Gasteiger partial charge in [0, 0.05) is 18.3 Å². The molecule has 5 heteroatoms. The highest BCUT2D eigenvalue weighted by Gasteiger charge is 2.13. The molecule has 0 aliphatic heterocycles. The largest absolute Gasteiger partial charge is 0.495 e. The number of hydrogen-bond donors (Lipinski definition) is 1. The Kier molecular flexibility index (Phi) is 5.00. The van der Waals surface area contributed by atoms with Crippen molar-refractivity contribution in [2.45, 2.75) is 6.54 Å². The molecule has 0 saturated carbocycles. The minimum atomic E-state index is 0.690. The maximum absolute atomic E-state index is 5.39. The van der Waals surface area contributed by atoms with E-state index in [-0.39, 0.29) is 0 Å². The number of hydrogen-bond acceptors (Lipinski definition) is 5. The highest BCUT2D eigenvalue weighted by Crippen LogP contribution is 2.36. The fraction of sp³-hybridized carbons (Fsp3) is 0.312. The van der Waals surface area contributed by atoms with Gasteiger partial charge in [0.15, 0.2) is 11.5 Å². The first-order chi connectivity index (χ1) is 10.2. The number of aromatic nitrogens is 1. The minimum absolute atomic E-state index is 0.690. The maximum Gasteiger partial charge on any atom is 0.161 e. The van der Waals surface area contributed by atoms with Gasteiger partial charge in [0.05, 0.1) is 27.5 Å². The Hall–Kier alpha value is -2.27. The summed E-state index contributed by atoms with van der Waals surface area (Å²) in [6.45, 7) is 0.715. The van der Waals surface area contributed by atoms with E-state index in [2.05, 4.69) is 10.3 Å². The zero-order valence-corrected chi connectivity index (χ0v) is 12.8. The van der Waals surface area contributed by atoms with Crippen LogP contribution in [-0.4, -0.2) is 33.4 Å². The van der Waals surface area contributed by atoms with Gasteiger partial charge in [0.1, 0.15) is 5.75 Å². The summed E-state index contributed by atoms with van der Waals surface area (Å²) in [7, 11) is 6.80. The first-order valence-corrected chi connectivity index (χ1v) is 6.62. The third kappa shape index (κ3) is 3.25. The Morgan fingerprint density at radius 2 is 1.67 bits per heavy atom. The van der Waals surface area contributed by atoms with Gasteiger partial charge in [-0.2, -0.15) is 0 Å². The van der Waals surface area contributed by atoms with E-state index in [0.29, 0.717) is 18.0 Å². The second-order valence-electron chi connectivity index (χ2n) is 4.51. The average Bonchev–Trinajstić information content (AvgIpc) is 2.54. The molecule has 0 bridgehead atoms. The quantitative estimate of drug-likeness (QED) is 0.885. The van der Waals surface area contributed by atoms with Crippen molar-refractivity contribution in [1.82, 2.24) is 10.3 Å². The molecule has 1 heterocycles. The summed E-state index contributed by atoms with van der Waals surface area (Å²) in [6.07, 6.45) is 3.49. The molecule has 5 nitrogen and oxygen atoms in total. The Labute approximate surface area is 124 Å². The van der Waals surface area contributed by atoms with Crippen LogP contribution in [0.4, 0.5) is 0 Å². The number of pyridine rings is 1. The number of rotatable bonds is 6. The van der Waals surface area contributed by atoms with Crippen LogP contribution < -0.4 is 19.5 Å². The van der Waals surface area contributed by atoms with Gasteiger partial charge in [-0.3, -0.25) is 4.98 Å². The van der Waals surface area contributed by atoms with Gasteiger partial charge in [-0.25, -0.2) is 0 Å². The van der Waals surface area contributed by atoms with Crippen molar-refractivity contribution in [3.63, 3.8) is 0 Å². The molecule has 1 N–H and O–H groups in total. The lowest BCUT2D eigenvalue weighted by Crippen LogP contribution is -2.07. The Bertz CT molecular complexity index is 614. The van der Waals surface area contributed by atoms with E-state index in [4.69, 9.17) is 14.2 Å². The van der Waals surface area contributed by atoms with Gasteiger partial charge < -0.3 is 19.5 Å². The molecule has 112 valence electrons. The normalized spacial score (nSPS) is 10.3. The van der Waals surface area contributed by atoms with Crippen molar-refractivity contribution in [1.29, 1.82) is 0 Å². The Morgan fingerprint density at radius 3 is 2.29 bits per heavy atom. The van der Waals surface area contributed by atoms with Crippen LogP contribution >= 0.6 is 0 Å². The van der Waals surface area contributed by atoms with E-state index in [9.17, 15) is 0 Å². The molecule has 21 heavy (non-hydrogen) atoms. The van der Waals surface area contributed by atoms with E-state index in [1.807, 2.05) is 31.4 Å². The summed E-state index contributed by atoms with van der Waals surface area (Å²) in [4.78, 5) is 4.21. The fourth-order valence-corrected chi connectivity index (χ4v) is 2.20. The molecule has 0 aliphatic rings. The smallest absolute Gasteiger partial charge is 0.161 e. The van der Waals surface area contributed by atoms with E-state index >= 15 is 0 Å². The second kappa shape index (κ2) is 6.95. The molecule has 0 spiro atoms. The van der Waals surface area contributed by atoms with Gasteiger partial charge in [-0.15, -0.1) is 0 Å². The van der Waals surface area contributed by atoms with Gasteiger partial charge in [-0.05, 0) is 36.4 Å². The molecular formula is C16H20N2O3. The Morgan fingerprint density at radius 1 is 0.952 bits per heavy atom. The molecule has 0 aliphatic carbocycles. The third-order valence-corrected chi connectivity index (χ3v) is 3.24. The molecular weight excluding hydrogens is 268 g/mol. The van der Waals surface area contributed by atoms with Crippen LogP contribution in [0.2, 0.25) is 0 Å². The van der Waals surface area contributed by atoms with Crippen molar-refractivity contribution in [2.24, 2.45) is 0 Å². The predicted molar refractivity (Wildman–Crippen MR) is 82.1 cm³/mol. The van der Waals surface area contributed by atoms with Crippen LogP contribution in [0.25, 0.3) is 11.1 Å². The number of nitrogens with zero attached hydrogens (tertiary/aromatic N) is 1. The van der Waals surface area contributed by atoms with Crippen molar-refractivity contribution >= 4 is 0 Å². The topological polar surface area (TPSA) is 52.6 Å². The molecule has 0 saturated heterocycles. The number of methoxy groups -OCH3 is 3. The Balaban J connectivity index is 2.58. The molecule has 0 radical (unpaired) electrons. The number of ether oxygens (including phenoxy) is 3. The van der Waals surface area contributed by atoms with Crippen LogP contribution in [0.3, 0.4) is 0 Å². The monoisotopic (exact) mass is 288 g/mol. The fourth-order valence-electron chi connectivity index (χ4n) is 2.20. The summed E-state index contributed by atoms with van der Waals surface area (Å²) in [6, 6.07) is 5.89. The van der Waals surface area contributed by atoms with Crippen molar-refractivity contribution in [3.8, 4) is 28.4 Å². The van der Waals surface area contributed by atoms with E-state index in [1.165, 1.54) is 0 Å². The summed E-state index contributed by atoms with van der Waals surface area (Å²) in [5.41, 5.74) is 3.11.